The summed E-state index contributed by atoms with van der Waals surface area (Å²) in [6.45, 7) is 7.78. The summed E-state index contributed by atoms with van der Waals surface area (Å²) in [5.74, 6) is 0.936. The quantitative estimate of drug-likeness (QED) is 0.769. The molecule has 3 aliphatic rings. The van der Waals surface area contributed by atoms with Crippen LogP contribution in [-0.2, 0) is 0 Å². The second-order valence-electron chi connectivity index (χ2n) is 7.18. The van der Waals surface area contributed by atoms with E-state index in [0.717, 1.165) is 12.0 Å². The lowest BCUT2D eigenvalue weighted by Crippen LogP contribution is -2.55. The minimum Gasteiger partial charge on any atom is -0.316 e. The van der Waals surface area contributed by atoms with E-state index in [1.807, 2.05) is 0 Å². The highest BCUT2D eigenvalue weighted by Crippen LogP contribution is 2.39. The summed E-state index contributed by atoms with van der Waals surface area (Å²) in [7, 11) is 0. The molecule has 1 saturated carbocycles. The van der Waals surface area contributed by atoms with E-state index in [-0.39, 0.29) is 0 Å². The van der Waals surface area contributed by atoms with E-state index in [9.17, 15) is 0 Å². The molecule has 1 aliphatic carbocycles. The Labute approximate surface area is 113 Å². The summed E-state index contributed by atoms with van der Waals surface area (Å²) in [6.07, 6.45) is 11.6. The SMILES string of the molecule is CC1CCCCC1N1CCCC2(CCCNC2)C1. The predicted octanol–water partition coefficient (Wildman–Crippen LogP) is 3.03. The van der Waals surface area contributed by atoms with Gasteiger partial charge >= 0.3 is 0 Å². The highest BCUT2D eigenvalue weighted by atomic mass is 15.2. The van der Waals surface area contributed by atoms with Crippen LogP contribution in [0.5, 0.6) is 0 Å². The lowest BCUT2D eigenvalue weighted by atomic mass is 9.73. The molecule has 0 aromatic rings. The normalized spacial score (nSPS) is 43.2. The topological polar surface area (TPSA) is 15.3 Å². The van der Waals surface area contributed by atoms with Gasteiger partial charge in [0.2, 0.25) is 0 Å². The molecule has 3 unspecified atom stereocenters. The molecular formula is C16H30N2. The first-order valence-electron chi connectivity index (χ1n) is 8.24. The van der Waals surface area contributed by atoms with E-state index >= 15 is 0 Å². The van der Waals surface area contributed by atoms with Crippen molar-refractivity contribution in [2.45, 2.75) is 64.3 Å². The Morgan fingerprint density at radius 1 is 1.06 bits per heavy atom. The van der Waals surface area contributed by atoms with Gasteiger partial charge in [0.05, 0.1) is 0 Å². The molecule has 0 radical (unpaired) electrons. The van der Waals surface area contributed by atoms with Crippen molar-refractivity contribution >= 4 is 0 Å². The highest BCUT2D eigenvalue weighted by Gasteiger charge is 2.39. The number of nitrogens with one attached hydrogen (secondary N) is 1. The van der Waals surface area contributed by atoms with Crippen LogP contribution in [0.4, 0.5) is 0 Å². The maximum Gasteiger partial charge on any atom is 0.0121 e. The van der Waals surface area contributed by atoms with Crippen LogP contribution in [0.1, 0.15) is 58.3 Å². The smallest absolute Gasteiger partial charge is 0.0121 e. The van der Waals surface area contributed by atoms with Gasteiger partial charge in [-0.15, -0.1) is 0 Å². The Bertz CT molecular complexity index is 265. The van der Waals surface area contributed by atoms with Gasteiger partial charge in [-0.05, 0) is 62.9 Å². The van der Waals surface area contributed by atoms with Crippen molar-refractivity contribution in [1.82, 2.24) is 10.2 Å². The largest absolute Gasteiger partial charge is 0.316 e. The zero-order chi connectivity index (χ0) is 12.4. The number of hydrogen-bond donors (Lipinski definition) is 1. The fourth-order valence-corrected chi connectivity index (χ4v) is 4.75. The van der Waals surface area contributed by atoms with Crippen molar-refractivity contribution < 1.29 is 0 Å². The van der Waals surface area contributed by atoms with Gasteiger partial charge < -0.3 is 5.32 Å². The fraction of sp³-hybridized carbons (Fsp3) is 1.00. The van der Waals surface area contributed by atoms with Gasteiger partial charge in [-0.3, -0.25) is 4.90 Å². The first-order chi connectivity index (χ1) is 8.79. The molecule has 104 valence electrons. The average molecular weight is 250 g/mol. The molecule has 2 aliphatic heterocycles. The zero-order valence-electron chi connectivity index (χ0n) is 12.1. The van der Waals surface area contributed by atoms with Gasteiger partial charge in [0.1, 0.15) is 0 Å². The first-order valence-corrected chi connectivity index (χ1v) is 8.24. The van der Waals surface area contributed by atoms with E-state index in [1.54, 1.807) is 0 Å². The van der Waals surface area contributed by atoms with Gasteiger partial charge in [-0.2, -0.15) is 0 Å². The number of hydrogen-bond acceptors (Lipinski definition) is 2. The van der Waals surface area contributed by atoms with Crippen LogP contribution in [-0.4, -0.2) is 37.1 Å². The van der Waals surface area contributed by atoms with Gasteiger partial charge in [-0.1, -0.05) is 19.8 Å². The monoisotopic (exact) mass is 250 g/mol. The molecule has 2 heterocycles. The number of rotatable bonds is 1. The fourth-order valence-electron chi connectivity index (χ4n) is 4.75. The number of piperidine rings is 2. The molecule has 3 rings (SSSR count). The van der Waals surface area contributed by atoms with Crippen LogP contribution in [0.2, 0.25) is 0 Å². The minimum atomic E-state index is 0.633. The Morgan fingerprint density at radius 2 is 1.89 bits per heavy atom. The average Bonchev–Trinajstić information content (AvgIpc) is 2.40. The van der Waals surface area contributed by atoms with Crippen LogP contribution < -0.4 is 5.32 Å². The van der Waals surface area contributed by atoms with E-state index in [2.05, 4.69) is 17.1 Å². The molecule has 3 fully saturated rings. The third-order valence-electron chi connectivity index (χ3n) is 5.79. The van der Waals surface area contributed by atoms with Gasteiger partial charge in [0, 0.05) is 19.1 Å². The van der Waals surface area contributed by atoms with E-state index in [4.69, 9.17) is 0 Å². The Morgan fingerprint density at radius 3 is 2.67 bits per heavy atom. The molecule has 2 nitrogen and oxygen atoms in total. The maximum atomic E-state index is 3.65. The van der Waals surface area contributed by atoms with Crippen molar-refractivity contribution in [2.75, 3.05) is 26.2 Å². The second kappa shape index (κ2) is 5.50. The van der Waals surface area contributed by atoms with E-state index in [1.165, 1.54) is 77.5 Å². The third kappa shape index (κ3) is 2.60. The molecule has 1 N–H and O–H groups in total. The molecule has 0 aromatic carbocycles. The van der Waals surface area contributed by atoms with E-state index < -0.39 is 0 Å². The van der Waals surface area contributed by atoms with Crippen molar-refractivity contribution in [3.8, 4) is 0 Å². The zero-order valence-corrected chi connectivity index (χ0v) is 12.1. The Hall–Kier alpha value is -0.0800. The minimum absolute atomic E-state index is 0.633. The molecule has 0 bridgehead atoms. The van der Waals surface area contributed by atoms with Crippen molar-refractivity contribution in [2.24, 2.45) is 11.3 Å². The molecule has 0 amide bonds. The van der Waals surface area contributed by atoms with Crippen molar-refractivity contribution in [3.05, 3.63) is 0 Å². The predicted molar refractivity (Wildman–Crippen MR) is 76.8 cm³/mol. The molecule has 0 aromatic heterocycles. The van der Waals surface area contributed by atoms with Crippen LogP contribution in [0.15, 0.2) is 0 Å². The van der Waals surface area contributed by atoms with Gasteiger partial charge in [0.25, 0.3) is 0 Å². The van der Waals surface area contributed by atoms with Crippen LogP contribution >= 0.6 is 0 Å². The summed E-state index contributed by atoms with van der Waals surface area (Å²) < 4.78 is 0. The first kappa shape index (κ1) is 12.9. The van der Waals surface area contributed by atoms with Crippen LogP contribution in [0, 0.1) is 11.3 Å². The van der Waals surface area contributed by atoms with Crippen molar-refractivity contribution in [3.63, 3.8) is 0 Å². The molecular weight excluding hydrogens is 220 g/mol. The summed E-state index contributed by atoms with van der Waals surface area (Å²) in [6, 6.07) is 0.901. The lowest BCUT2D eigenvalue weighted by molar-refractivity contribution is 0.00975. The second-order valence-corrected chi connectivity index (χ2v) is 7.18. The van der Waals surface area contributed by atoms with Crippen LogP contribution in [0.3, 0.4) is 0 Å². The molecule has 2 heteroatoms. The maximum absolute atomic E-state index is 3.65. The molecule has 3 atom stereocenters. The number of nitrogens with zero attached hydrogens (tertiary/aromatic N) is 1. The Balaban J connectivity index is 1.65. The van der Waals surface area contributed by atoms with Gasteiger partial charge in [-0.25, -0.2) is 0 Å². The molecule has 1 spiro atoms. The van der Waals surface area contributed by atoms with Crippen LogP contribution in [0.25, 0.3) is 0 Å². The van der Waals surface area contributed by atoms with Crippen molar-refractivity contribution in [1.29, 1.82) is 0 Å². The summed E-state index contributed by atoms with van der Waals surface area (Å²) >= 11 is 0. The number of likely N-dealkylation sites (tertiary alicyclic amines) is 1. The summed E-state index contributed by atoms with van der Waals surface area (Å²) in [4.78, 5) is 2.88. The summed E-state index contributed by atoms with van der Waals surface area (Å²) in [5, 5.41) is 3.65. The third-order valence-corrected chi connectivity index (χ3v) is 5.79. The molecule has 2 saturated heterocycles. The van der Waals surface area contributed by atoms with E-state index in [0.29, 0.717) is 5.41 Å². The Kier molecular flexibility index (Phi) is 3.95. The van der Waals surface area contributed by atoms with Gasteiger partial charge in [0.15, 0.2) is 0 Å². The standard InChI is InChI=1S/C16H30N2/c1-14-6-2-3-7-15(14)18-11-5-9-16(13-18)8-4-10-17-12-16/h14-15,17H,2-13H2,1H3. The summed E-state index contributed by atoms with van der Waals surface area (Å²) in [5.41, 5.74) is 0.633. The lowest BCUT2D eigenvalue weighted by Gasteiger charge is -2.50. The highest BCUT2D eigenvalue weighted by molar-refractivity contribution is 4.94. The molecule has 18 heavy (non-hydrogen) atoms.